The Hall–Kier alpha value is -4.62. The van der Waals surface area contributed by atoms with E-state index in [-0.39, 0.29) is 25.9 Å². The molecule has 1 fully saturated rings. The van der Waals surface area contributed by atoms with Crippen molar-refractivity contribution in [1.82, 2.24) is 0 Å². The number of aliphatic hydroxyl groups excluding tert-OH is 2. The maximum atomic E-state index is 13.2. The van der Waals surface area contributed by atoms with Gasteiger partial charge in [-0.3, -0.25) is 14.4 Å². The molecule has 0 aromatic rings. The summed E-state index contributed by atoms with van der Waals surface area (Å²) in [6, 6.07) is 0. The van der Waals surface area contributed by atoms with Crippen LogP contribution >= 0.6 is 0 Å². The fraction of sp³-hybridized carbons (Fsp3) is 0.681. The number of hydrogen-bond donors (Lipinski definition) is 3. The van der Waals surface area contributed by atoms with Crippen LogP contribution in [0.15, 0.2) is 109 Å². The molecule has 1 heterocycles. The Morgan fingerprint density at radius 3 is 1.22 bits per heavy atom. The molecule has 12 heteroatoms. The normalized spacial score (nSPS) is 18.5. The molecule has 1 rings (SSSR count). The molecular formula is C69H112O12. The van der Waals surface area contributed by atoms with Crippen LogP contribution in [0.4, 0.5) is 0 Å². The molecule has 0 aromatic heterocycles. The summed E-state index contributed by atoms with van der Waals surface area (Å²) in [5, 5.41) is 31.5. The number of hydrogen-bond acceptors (Lipinski definition) is 11. The van der Waals surface area contributed by atoms with Gasteiger partial charge < -0.3 is 39.0 Å². The fourth-order valence-electron chi connectivity index (χ4n) is 9.04. The molecule has 6 atom stereocenters. The lowest BCUT2D eigenvalue weighted by Gasteiger charge is -2.40. The number of carboxylic acid groups (broad SMARTS) is 1. The van der Waals surface area contributed by atoms with Crippen LogP contribution in [0.2, 0.25) is 0 Å². The molecule has 0 radical (unpaired) electrons. The van der Waals surface area contributed by atoms with Gasteiger partial charge in [0.05, 0.1) is 6.61 Å². The number of aliphatic hydroxyl groups is 2. The van der Waals surface area contributed by atoms with E-state index < -0.39 is 67.3 Å². The minimum Gasteiger partial charge on any atom is -0.479 e. The molecule has 0 spiro atoms. The Morgan fingerprint density at radius 2 is 0.790 bits per heavy atom. The van der Waals surface area contributed by atoms with Crippen LogP contribution in [0.25, 0.3) is 0 Å². The zero-order valence-electron chi connectivity index (χ0n) is 50.7. The maximum Gasteiger partial charge on any atom is 0.335 e. The number of carbonyl (C=O) groups excluding carboxylic acids is 3. The van der Waals surface area contributed by atoms with Crippen molar-refractivity contribution in [2.24, 2.45) is 0 Å². The zero-order valence-corrected chi connectivity index (χ0v) is 50.7. The molecule has 0 aromatic carbocycles. The van der Waals surface area contributed by atoms with Crippen LogP contribution in [0.1, 0.15) is 252 Å². The molecule has 0 bridgehead atoms. The summed E-state index contributed by atoms with van der Waals surface area (Å²) in [5.41, 5.74) is 0. The van der Waals surface area contributed by atoms with E-state index in [2.05, 4.69) is 118 Å². The number of rotatable bonds is 53. The molecule has 1 aliphatic rings. The Balaban J connectivity index is 2.72. The average molecular weight is 1130 g/mol. The molecule has 1 aliphatic heterocycles. The first-order chi connectivity index (χ1) is 39.6. The topological polar surface area (TPSA) is 175 Å². The first-order valence-electron chi connectivity index (χ1n) is 31.9. The predicted octanol–water partition coefficient (Wildman–Crippen LogP) is 17.0. The van der Waals surface area contributed by atoms with Crippen LogP contribution in [0.5, 0.6) is 0 Å². The van der Waals surface area contributed by atoms with Crippen molar-refractivity contribution in [3.8, 4) is 0 Å². The van der Waals surface area contributed by atoms with Crippen molar-refractivity contribution in [2.75, 3.05) is 13.2 Å². The summed E-state index contributed by atoms with van der Waals surface area (Å²) in [4.78, 5) is 51.3. The summed E-state index contributed by atoms with van der Waals surface area (Å²) < 4.78 is 28.4. The summed E-state index contributed by atoms with van der Waals surface area (Å²) >= 11 is 0. The number of esters is 3. The van der Waals surface area contributed by atoms with Gasteiger partial charge in [-0.25, -0.2) is 4.79 Å². The molecule has 460 valence electrons. The van der Waals surface area contributed by atoms with E-state index in [1.807, 2.05) is 12.2 Å². The van der Waals surface area contributed by atoms with Crippen molar-refractivity contribution in [3.05, 3.63) is 109 Å². The van der Waals surface area contributed by atoms with Crippen molar-refractivity contribution in [2.45, 2.75) is 289 Å². The summed E-state index contributed by atoms with van der Waals surface area (Å²) in [6.07, 6.45) is 63.5. The Kier molecular flexibility index (Phi) is 51.3. The first kappa shape index (κ1) is 74.4. The molecule has 81 heavy (non-hydrogen) atoms. The highest BCUT2D eigenvalue weighted by atomic mass is 16.7. The van der Waals surface area contributed by atoms with Gasteiger partial charge >= 0.3 is 23.9 Å². The average Bonchev–Trinajstić information content (AvgIpc) is 3.52. The van der Waals surface area contributed by atoms with E-state index in [0.717, 1.165) is 83.5 Å². The van der Waals surface area contributed by atoms with Gasteiger partial charge in [-0.2, -0.15) is 0 Å². The lowest BCUT2D eigenvalue weighted by Crippen LogP contribution is -2.61. The predicted molar refractivity (Wildman–Crippen MR) is 330 cm³/mol. The molecule has 0 amide bonds. The first-order valence-corrected chi connectivity index (χ1v) is 31.9. The number of ether oxygens (including phenoxy) is 5. The van der Waals surface area contributed by atoms with Crippen molar-refractivity contribution in [1.29, 1.82) is 0 Å². The summed E-state index contributed by atoms with van der Waals surface area (Å²) in [5.74, 6) is -3.26. The minimum absolute atomic E-state index is 0.00274. The van der Waals surface area contributed by atoms with E-state index in [1.165, 1.54) is 96.3 Å². The molecule has 6 unspecified atom stereocenters. The van der Waals surface area contributed by atoms with Crippen molar-refractivity contribution >= 4 is 23.9 Å². The third kappa shape index (κ3) is 45.6. The quantitative estimate of drug-likeness (QED) is 0.0228. The maximum absolute atomic E-state index is 13.2. The van der Waals surface area contributed by atoms with Gasteiger partial charge in [0.25, 0.3) is 0 Å². The van der Waals surface area contributed by atoms with Crippen LogP contribution in [-0.4, -0.2) is 89.2 Å². The molecule has 12 nitrogen and oxygen atoms in total. The second kappa shape index (κ2) is 55.9. The molecule has 0 aliphatic carbocycles. The van der Waals surface area contributed by atoms with Crippen molar-refractivity contribution in [3.63, 3.8) is 0 Å². The summed E-state index contributed by atoms with van der Waals surface area (Å²) in [7, 11) is 0. The van der Waals surface area contributed by atoms with Crippen LogP contribution in [0, 0.1) is 0 Å². The van der Waals surface area contributed by atoms with E-state index in [4.69, 9.17) is 23.7 Å². The second-order valence-corrected chi connectivity index (χ2v) is 21.3. The standard InChI is InChI=1S/C69H112O12/c1-4-7-10-13-16-19-22-25-28-30-31-33-35-37-40-43-46-49-52-55-61(70)77-58-60(79-62(71)56-53-50-47-44-41-39-36-32-29-26-23-20-17-14-11-8-5-2)59-78-69-67(65(74)64(73)66(81-69)68(75)76)80-63(72)57-54-51-48-45-42-38-34-27-24-21-18-15-12-9-6-3/h8-9,11-12,17-18,20-21,26-27,29,34,36,39,42,44-45,47,60,64-67,69,73-74H,4-7,10,13-16,19,22-25,28,30-33,35,37-38,40-41,43,46,48-59H2,1-3H3,(H,75,76)/b11-8-,12-9-,20-17-,21-18-,29-26-,34-27-,39-36-,45-42-,47-44-. The Bertz CT molecular complexity index is 1820. The van der Waals surface area contributed by atoms with Gasteiger partial charge in [-0.05, 0) is 96.3 Å². The van der Waals surface area contributed by atoms with Gasteiger partial charge in [0.2, 0.25) is 0 Å². The highest BCUT2D eigenvalue weighted by molar-refractivity contribution is 5.74. The lowest BCUT2D eigenvalue weighted by atomic mass is 9.98. The zero-order chi connectivity index (χ0) is 58.9. The van der Waals surface area contributed by atoms with Crippen molar-refractivity contribution < 1.29 is 58.2 Å². The molecule has 0 saturated carbocycles. The smallest absolute Gasteiger partial charge is 0.335 e. The van der Waals surface area contributed by atoms with Crippen LogP contribution in [-0.2, 0) is 42.9 Å². The van der Waals surface area contributed by atoms with E-state index >= 15 is 0 Å². The third-order valence-electron chi connectivity index (χ3n) is 13.8. The van der Waals surface area contributed by atoms with E-state index in [9.17, 15) is 34.5 Å². The number of unbranched alkanes of at least 4 members (excludes halogenated alkanes) is 21. The summed E-state index contributed by atoms with van der Waals surface area (Å²) in [6.45, 7) is 5.72. The fourth-order valence-corrected chi connectivity index (χ4v) is 9.04. The number of aliphatic carboxylic acids is 1. The van der Waals surface area contributed by atoms with Gasteiger partial charge in [-0.15, -0.1) is 0 Å². The number of allylic oxidation sites excluding steroid dienone is 18. The third-order valence-corrected chi connectivity index (χ3v) is 13.8. The Morgan fingerprint density at radius 1 is 0.420 bits per heavy atom. The minimum atomic E-state index is -1.93. The lowest BCUT2D eigenvalue weighted by molar-refractivity contribution is -0.301. The molecule has 3 N–H and O–H groups in total. The van der Waals surface area contributed by atoms with Crippen LogP contribution < -0.4 is 0 Å². The second-order valence-electron chi connectivity index (χ2n) is 21.3. The highest BCUT2D eigenvalue weighted by Crippen LogP contribution is 2.26. The highest BCUT2D eigenvalue weighted by Gasteiger charge is 2.50. The van der Waals surface area contributed by atoms with Gasteiger partial charge in [0.1, 0.15) is 18.8 Å². The molecule has 1 saturated heterocycles. The SMILES string of the molecule is CC/C=C\C/C=C\C/C=C\C/C=C\C/C=C\CCCC(=O)OC(COC(=O)CCCCCCCCCCCCCCCCCCCCC)COC1OC(C(=O)O)C(O)C(O)C1OC(=O)CCCC/C=C\C/C=C\C/C=C\C/C=C\CC. The van der Waals surface area contributed by atoms with E-state index in [1.54, 1.807) is 0 Å². The Labute approximate surface area is 491 Å². The number of carboxylic acids is 1. The van der Waals surface area contributed by atoms with E-state index in [0.29, 0.717) is 32.1 Å². The monoisotopic (exact) mass is 1130 g/mol. The molecular weight excluding hydrogens is 1020 g/mol. The van der Waals surface area contributed by atoms with Gasteiger partial charge in [0, 0.05) is 19.3 Å². The van der Waals surface area contributed by atoms with Gasteiger partial charge in [-0.1, -0.05) is 246 Å². The van der Waals surface area contributed by atoms with Gasteiger partial charge in [0.15, 0.2) is 24.6 Å². The largest absolute Gasteiger partial charge is 0.479 e. The number of carbonyl (C=O) groups is 4. The van der Waals surface area contributed by atoms with Crippen LogP contribution in [0.3, 0.4) is 0 Å².